The van der Waals surface area contributed by atoms with Gasteiger partial charge >= 0.3 is 0 Å². The van der Waals surface area contributed by atoms with Gasteiger partial charge in [0.15, 0.2) is 0 Å². The third kappa shape index (κ3) is 5.87. The molecule has 0 bridgehead atoms. The lowest BCUT2D eigenvalue weighted by Crippen LogP contribution is -2.38. The molecule has 0 aromatic rings. The van der Waals surface area contributed by atoms with Crippen LogP contribution in [0.3, 0.4) is 0 Å². The highest BCUT2D eigenvalue weighted by molar-refractivity contribution is 4.87. The summed E-state index contributed by atoms with van der Waals surface area (Å²) in [6, 6.07) is 0.639. The van der Waals surface area contributed by atoms with Crippen LogP contribution < -0.4 is 5.32 Å². The first-order chi connectivity index (χ1) is 8.02. The summed E-state index contributed by atoms with van der Waals surface area (Å²) in [5.74, 6) is 0. The summed E-state index contributed by atoms with van der Waals surface area (Å²) >= 11 is 0. The topological polar surface area (TPSA) is 15.3 Å². The van der Waals surface area contributed by atoms with Crippen LogP contribution in [0, 0.1) is 0 Å². The maximum Gasteiger partial charge on any atom is 0.0153 e. The molecule has 0 aliphatic carbocycles. The second-order valence-corrected chi connectivity index (χ2v) is 6.43. The first-order valence-electron chi connectivity index (χ1n) is 7.51. The Morgan fingerprint density at radius 2 is 1.82 bits per heavy atom. The zero-order valence-corrected chi connectivity index (χ0v) is 12.4. The van der Waals surface area contributed by atoms with Crippen molar-refractivity contribution in [2.24, 2.45) is 0 Å². The molecule has 0 amide bonds. The number of nitrogens with one attached hydrogen (secondary N) is 1. The fraction of sp³-hybridized carbons (Fsp3) is 1.00. The summed E-state index contributed by atoms with van der Waals surface area (Å²) in [5, 5.41) is 3.48. The van der Waals surface area contributed by atoms with Crippen LogP contribution in [0.25, 0.3) is 0 Å². The number of rotatable bonds is 8. The second-order valence-electron chi connectivity index (χ2n) is 6.43. The Bertz CT molecular complexity index is 199. The molecule has 2 nitrogen and oxygen atoms in total. The molecule has 1 N–H and O–H groups in total. The SMILES string of the molecule is CC(C)NCCCCCCN1CCCC1(C)C. The van der Waals surface area contributed by atoms with Crippen molar-refractivity contribution in [1.82, 2.24) is 10.2 Å². The summed E-state index contributed by atoms with van der Waals surface area (Å²) in [6.45, 7) is 13.0. The molecule has 0 aromatic heterocycles. The Morgan fingerprint density at radius 3 is 2.41 bits per heavy atom. The van der Waals surface area contributed by atoms with Gasteiger partial charge in [0.1, 0.15) is 0 Å². The van der Waals surface area contributed by atoms with Crippen molar-refractivity contribution in [1.29, 1.82) is 0 Å². The maximum atomic E-state index is 3.48. The van der Waals surface area contributed by atoms with E-state index in [9.17, 15) is 0 Å². The van der Waals surface area contributed by atoms with Gasteiger partial charge in [-0.3, -0.25) is 4.90 Å². The van der Waals surface area contributed by atoms with Crippen molar-refractivity contribution >= 4 is 0 Å². The third-order valence-corrected chi connectivity index (χ3v) is 3.98. The van der Waals surface area contributed by atoms with Gasteiger partial charge in [0.25, 0.3) is 0 Å². The first kappa shape index (κ1) is 15.0. The minimum Gasteiger partial charge on any atom is -0.315 e. The predicted molar refractivity (Wildman–Crippen MR) is 76.5 cm³/mol. The molecule has 0 atom stereocenters. The van der Waals surface area contributed by atoms with Crippen LogP contribution in [0.5, 0.6) is 0 Å². The standard InChI is InChI=1S/C15H32N2/c1-14(2)16-11-7-5-6-8-12-17-13-9-10-15(17,3)4/h14,16H,5-13H2,1-4H3. The van der Waals surface area contributed by atoms with Crippen molar-refractivity contribution in [3.63, 3.8) is 0 Å². The Kier molecular flexibility index (Phi) is 6.50. The quantitative estimate of drug-likeness (QED) is 0.654. The normalized spacial score (nSPS) is 20.3. The summed E-state index contributed by atoms with van der Waals surface area (Å²) in [5.41, 5.74) is 0.471. The Balaban J connectivity index is 1.94. The predicted octanol–water partition coefficient (Wildman–Crippen LogP) is 3.42. The summed E-state index contributed by atoms with van der Waals surface area (Å²) in [4.78, 5) is 2.68. The van der Waals surface area contributed by atoms with Crippen LogP contribution in [0.4, 0.5) is 0 Å². The lowest BCUT2D eigenvalue weighted by atomic mass is 10.0. The summed E-state index contributed by atoms with van der Waals surface area (Å²) in [6.07, 6.45) is 8.27. The smallest absolute Gasteiger partial charge is 0.0153 e. The van der Waals surface area contributed by atoms with Crippen LogP contribution in [0.15, 0.2) is 0 Å². The number of nitrogens with zero attached hydrogens (tertiary/aromatic N) is 1. The fourth-order valence-corrected chi connectivity index (χ4v) is 2.75. The zero-order valence-electron chi connectivity index (χ0n) is 12.4. The van der Waals surface area contributed by atoms with Gasteiger partial charge in [0.05, 0.1) is 0 Å². The summed E-state index contributed by atoms with van der Waals surface area (Å²) in [7, 11) is 0. The highest BCUT2D eigenvalue weighted by atomic mass is 15.2. The molecule has 0 spiro atoms. The largest absolute Gasteiger partial charge is 0.315 e. The van der Waals surface area contributed by atoms with Crippen molar-refractivity contribution in [2.45, 2.75) is 77.8 Å². The van der Waals surface area contributed by atoms with Gasteiger partial charge in [-0.25, -0.2) is 0 Å². The van der Waals surface area contributed by atoms with E-state index in [1.165, 1.54) is 58.2 Å². The third-order valence-electron chi connectivity index (χ3n) is 3.98. The van der Waals surface area contributed by atoms with Crippen LogP contribution in [0.1, 0.15) is 66.2 Å². The average Bonchev–Trinajstić information content (AvgIpc) is 2.56. The van der Waals surface area contributed by atoms with E-state index >= 15 is 0 Å². The van der Waals surface area contributed by atoms with Crippen LogP contribution in [0.2, 0.25) is 0 Å². The van der Waals surface area contributed by atoms with E-state index in [0.29, 0.717) is 11.6 Å². The van der Waals surface area contributed by atoms with Crippen LogP contribution >= 0.6 is 0 Å². The number of unbranched alkanes of at least 4 members (excludes halogenated alkanes) is 3. The van der Waals surface area contributed by atoms with Crippen LogP contribution in [-0.4, -0.2) is 36.1 Å². The molecule has 1 fully saturated rings. The number of hydrogen-bond donors (Lipinski definition) is 1. The lowest BCUT2D eigenvalue weighted by molar-refractivity contribution is 0.171. The maximum absolute atomic E-state index is 3.48. The molecule has 2 heteroatoms. The lowest BCUT2D eigenvalue weighted by Gasteiger charge is -2.31. The van der Waals surface area contributed by atoms with E-state index in [0.717, 1.165) is 0 Å². The Labute approximate surface area is 108 Å². The molecule has 17 heavy (non-hydrogen) atoms. The van der Waals surface area contributed by atoms with Gasteiger partial charge < -0.3 is 5.32 Å². The van der Waals surface area contributed by atoms with Gasteiger partial charge in [0.2, 0.25) is 0 Å². The number of hydrogen-bond acceptors (Lipinski definition) is 2. The molecule has 102 valence electrons. The molecule has 0 unspecified atom stereocenters. The average molecular weight is 240 g/mol. The van der Waals surface area contributed by atoms with Gasteiger partial charge in [-0.15, -0.1) is 0 Å². The van der Waals surface area contributed by atoms with Crippen molar-refractivity contribution < 1.29 is 0 Å². The molecule has 1 aliphatic heterocycles. The minimum absolute atomic E-state index is 0.471. The van der Waals surface area contributed by atoms with Crippen LogP contribution in [-0.2, 0) is 0 Å². The van der Waals surface area contributed by atoms with E-state index in [4.69, 9.17) is 0 Å². The highest BCUT2D eigenvalue weighted by Gasteiger charge is 2.30. The van der Waals surface area contributed by atoms with E-state index in [2.05, 4.69) is 37.9 Å². The molecular weight excluding hydrogens is 208 g/mol. The van der Waals surface area contributed by atoms with E-state index < -0.39 is 0 Å². The molecule has 1 saturated heterocycles. The molecule has 0 radical (unpaired) electrons. The Morgan fingerprint density at radius 1 is 1.12 bits per heavy atom. The fourth-order valence-electron chi connectivity index (χ4n) is 2.75. The van der Waals surface area contributed by atoms with E-state index in [1.54, 1.807) is 0 Å². The van der Waals surface area contributed by atoms with Crippen molar-refractivity contribution in [3.8, 4) is 0 Å². The van der Waals surface area contributed by atoms with E-state index in [1.807, 2.05) is 0 Å². The molecule has 1 aliphatic rings. The molecule has 1 rings (SSSR count). The molecular formula is C15H32N2. The van der Waals surface area contributed by atoms with Gasteiger partial charge in [-0.2, -0.15) is 0 Å². The highest BCUT2D eigenvalue weighted by Crippen LogP contribution is 2.28. The van der Waals surface area contributed by atoms with Crippen molar-refractivity contribution in [2.75, 3.05) is 19.6 Å². The monoisotopic (exact) mass is 240 g/mol. The van der Waals surface area contributed by atoms with E-state index in [-0.39, 0.29) is 0 Å². The molecule has 0 saturated carbocycles. The van der Waals surface area contributed by atoms with Gasteiger partial charge in [-0.05, 0) is 59.2 Å². The molecule has 1 heterocycles. The zero-order chi connectivity index (χ0) is 12.7. The van der Waals surface area contributed by atoms with Crippen molar-refractivity contribution in [3.05, 3.63) is 0 Å². The molecule has 0 aromatic carbocycles. The Hall–Kier alpha value is -0.0800. The summed E-state index contributed by atoms with van der Waals surface area (Å²) < 4.78 is 0. The van der Waals surface area contributed by atoms with Gasteiger partial charge in [-0.1, -0.05) is 26.7 Å². The second kappa shape index (κ2) is 7.38. The minimum atomic E-state index is 0.471. The first-order valence-corrected chi connectivity index (χ1v) is 7.51. The van der Waals surface area contributed by atoms with Gasteiger partial charge in [0, 0.05) is 11.6 Å². The number of likely N-dealkylation sites (tertiary alicyclic amines) is 1.